The summed E-state index contributed by atoms with van der Waals surface area (Å²) in [5.41, 5.74) is 4.33. The van der Waals surface area contributed by atoms with Crippen LogP contribution in [0.1, 0.15) is 27.2 Å². The lowest BCUT2D eigenvalue weighted by Crippen LogP contribution is -2.13. The fraction of sp³-hybridized carbons (Fsp3) is 0.182. The lowest BCUT2D eigenvalue weighted by atomic mass is 10.1. The van der Waals surface area contributed by atoms with Gasteiger partial charge in [0.05, 0.1) is 41.5 Å². The number of halogens is 1. The Morgan fingerprint density at radius 1 is 1.17 bits per heavy atom. The van der Waals surface area contributed by atoms with Crippen molar-refractivity contribution in [1.82, 2.24) is 19.7 Å². The van der Waals surface area contributed by atoms with E-state index in [9.17, 15) is 4.79 Å². The number of nitrogens with zero attached hydrogens (tertiary/aromatic N) is 4. The maximum atomic E-state index is 12.8. The largest absolute Gasteiger partial charge is 0.495 e. The quantitative estimate of drug-likeness (QED) is 0.516. The number of aromatic nitrogens is 4. The lowest BCUT2D eigenvalue weighted by Gasteiger charge is -2.08. The number of hydrogen-bond acceptors (Lipinski definition) is 5. The van der Waals surface area contributed by atoms with Crippen molar-refractivity contribution in [2.75, 3.05) is 12.4 Å². The molecule has 0 aliphatic heterocycles. The second kappa shape index (κ2) is 8.12. The molecule has 3 heterocycles. The molecular formula is C22H20ClN5O2. The first kappa shape index (κ1) is 19.8. The van der Waals surface area contributed by atoms with Gasteiger partial charge in [0.15, 0.2) is 5.65 Å². The number of aryl methyl sites for hydroxylation is 2. The molecule has 1 N–H and O–H groups in total. The van der Waals surface area contributed by atoms with E-state index in [4.69, 9.17) is 16.3 Å². The zero-order chi connectivity index (χ0) is 21.3. The van der Waals surface area contributed by atoms with Gasteiger partial charge in [-0.1, -0.05) is 29.3 Å². The average molecular weight is 422 g/mol. The van der Waals surface area contributed by atoms with Gasteiger partial charge in [-0.3, -0.25) is 9.78 Å². The molecule has 7 nitrogen and oxygen atoms in total. The summed E-state index contributed by atoms with van der Waals surface area (Å²) in [5, 5.41) is 8.41. The van der Waals surface area contributed by atoms with Crippen LogP contribution in [-0.4, -0.2) is 32.8 Å². The summed E-state index contributed by atoms with van der Waals surface area (Å²) < 4.78 is 6.97. The summed E-state index contributed by atoms with van der Waals surface area (Å²) in [4.78, 5) is 21.4. The van der Waals surface area contributed by atoms with Gasteiger partial charge >= 0.3 is 0 Å². The fourth-order valence-electron chi connectivity index (χ4n) is 3.21. The minimum atomic E-state index is -0.317. The number of pyridine rings is 2. The number of carbonyl (C=O) groups excluding carboxylic acids is 1. The Kier molecular flexibility index (Phi) is 5.37. The first-order chi connectivity index (χ1) is 14.5. The molecule has 0 aliphatic rings. The molecule has 0 spiro atoms. The molecule has 0 unspecified atom stereocenters. The SMILES string of the molecule is COc1cncc(Cn2nc(C)c3c(Cl)c(C(=O)Nc4ccc(C)cc4)cnc32)c1. The maximum absolute atomic E-state index is 12.8. The van der Waals surface area contributed by atoms with E-state index in [2.05, 4.69) is 20.4 Å². The van der Waals surface area contributed by atoms with Crippen LogP contribution in [0.5, 0.6) is 5.75 Å². The van der Waals surface area contributed by atoms with E-state index in [1.807, 2.05) is 44.2 Å². The van der Waals surface area contributed by atoms with Crippen LogP contribution in [0.4, 0.5) is 5.69 Å². The monoisotopic (exact) mass is 421 g/mol. The van der Waals surface area contributed by atoms with Crippen LogP contribution in [-0.2, 0) is 6.54 Å². The third-order valence-corrected chi connectivity index (χ3v) is 5.16. The molecule has 1 amide bonds. The third-order valence-electron chi connectivity index (χ3n) is 4.76. The summed E-state index contributed by atoms with van der Waals surface area (Å²) in [6.07, 6.45) is 4.87. The molecule has 30 heavy (non-hydrogen) atoms. The minimum Gasteiger partial charge on any atom is -0.495 e. The molecule has 0 aliphatic carbocycles. The molecule has 0 fully saturated rings. The Morgan fingerprint density at radius 3 is 2.67 bits per heavy atom. The van der Waals surface area contributed by atoms with Crippen LogP contribution in [0.15, 0.2) is 48.9 Å². The number of ether oxygens (including phenoxy) is 1. The molecule has 8 heteroatoms. The topological polar surface area (TPSA) is 81.9 Å². The summed E-state index contributed by atoms with van der Waals surface area (Å²) in [6.45, 7) is 4.28. The van der Waals surface area contributed by atoms with Crippen LogP contribution in [0.25, 0.3) is 11.0 Å². The molecule has 0 bridgehead atoms. The molecule has 0 atom stereocenters. The summed E-state index contributed by atoms with van der Waals surface area (Å²) >= 11 is 6.61. The van der Waals surface area contributed by atoms with Crippen molar-refractivity contribution in [2.24, 2.45) is 0 Å². The van der Waals surface area contributed by atoms with Gasteiger partial charge in [-0.2, -0.15) is 5.10 Å². The van der Waals surface area contributed by atoms with E-state index in [-0.39, 0.29) is 5.91 Å². The Labute approximate surface area is 178 Å². The van der Waals surface area contributed by atoms with Crippen molar-refractivity contribution in [2.45, 2.75) is 20.4 Å². The van der Waals surface area contributed by atoms with E-state index in [1.54, 1.807) is 24.2 Å². The van der Waals surface area contributed by atoms with Crippen molar-refractivity contribution in [3.8, 4) is 5.75 Å². The van der Waals surface area contributed by atoms with Gasteiger partial charge in [0.2, 0.25) is 0 Å². The highest BCUT2D eigenvalue weighted by Gasteiger charge is 2.19. The van der Waals surface area contributed by atoms with Crippen molar-refractivity contribution < 1.29 is 9.53 Å². The Hall–Kier alpha value is -3.45. The second-order valence-corrected chi connectivity index (χ2v) is 7.36. The lowest BCUT2D eigenvalue weighted by molar-refractivity contribution is 0.102. The van der Waals surface area contributed by atoms with Crippen molar-refractivity contribution >= 4 is 34.2 Å². The number of amides is 1. The highest BCUT2D eigenvalue weighted by atomic mass is 35.5. The first-order valence-electron chi connectivity index (χ1n) is 9.34. The average Bonchev–Trinajstić information content (AvgIpc) is 3.06. The Balaban J connectivity index is 1.66. The number of benzene rings is 1. The second-order valence-electron chi connectivity index (χ2n) is 6.98. The third kappa shape index (κ3) is 3.84. The maximum Gasteiger partial charge on any atom is 0.258 e. The van der Waals surface area contributed by atoms with Crippen LogP contribution in [0.3, 0.4) is 0 Å². The van der Waals surface area contributed by atoms with E-state index < -0.39 is 0 Å². The summed E-state index contributed by atoms with van der Waals surface area (Å²) in [6, 6.07) is 9.44. The number of nitrogens with one attached hydrogen (secondary N) is 1. The van der Waals surface area contributed by atoms with Crippen molar-refractivity contribution in [3.63, 3.8) is 0 Å². The number of carbonyl (C=O) groups is 1. The standard InChI is InChI=1S/C22H20ClN5O2/c1-13-4-6-16(7-5-13)26-22(29)18-11-25-21-19(20(18)23)14(2)27-28(21)12-15-8-17(30-3)10-24-9-15/h4-11H,12H2,1-3H3,(H,26,29). The molecule has 0 saturated carbocycles. The van der Waals surface area contributed by atoms with Gasteiger partial charge in [0.1, 0.15) is 5.75 Å². The zero-order valence-corrected chi connectivity index (χ0v) is 17.6. The molecule has 4 rings (SSSR count). The smallest absolute Gasteiger partial charge is 0.258 e. The first-order valence-corrected chi connectivity index (χ1v) is 9.71. The number of anilines is 1. The number of rotatable bonds is 5. The predicted molar refractivity (Wildman–Crippen MR) is 116 cm³/mol. The Bertz CT molecular complexity index is 1230. The van der Waals surface area contributed by atoms with Crippen molar-refractivity contribution in [1.29, 1.82) is 0 Å². The van der Waals surface area contributed by atoms with E-state index >= 15 is 0 Å². The number of fused-ring (bicyclic) bond motifs is 1. The van der Waals surface area contributed by atoms with Gasteiger partial charge < -0.3 is 10.1 Å². The van der Waals surface area contributed by atoms with Gasteiger partial charge in [-0.05, 0) is 37.6 Å². The molecule has 0 saturated heterocycles. The molecule has 0 radical (unpaired) electrons. The summed E-state index contributed by atoms with van der Waals surface area (Å²) in [5.74, 6) is 0.351. The fourth-order valence-corrected chi connectivity index (χ4v) is 3.57. The molecule has 1 aromatic carbocycles. The van der Waals surface area contributed by atoms with E-state index in [0.717, 1.165) is 11.1 Å². The molecule has 4 aromatic rings. The van der Waals surface area contributed by atoms with Crippen molar-refractivity contribution in [3.05, 3.63) is 76.3 Å². The molecule has 3 aromatic heterocycles. The Morgan fingerprint density at radius 2 is 1.93 bits per heavy atom. The predicted octanol–water partition coefficient (Wildman–Crippen LogP) is 4.41. The molecule has 152 valence electrons. The van der Waals surface area contributed by atoms with Gasteiger partial charge in [0, 0.05) is 18.1 Å². The highest BCUT2D eigenvalue weighted by molar-refractivity contribution is 6.39. The van der Waals surface area contributed by atoms with Crippen LogP contribution in [0.2, 0.25) is 5.02 Å². The normalized spacial score (nSPS) is 10.9. The van der Waals surface area contributed by atoms with E-state index in [1.165, 1.54) is 6.20 Å². The van der Waals surface area contributed by atoms with E-state index in [0.29, 0.717) is 45.3 Å². The number of hydrogen-bond donors (Lipinski definition) is 1. The minimum absolute atomic E-state index is 0.301. The summed E-state index contributed by atoms with van der Waals surface area (Å²) in [7, 11) is 1.60. The van der Waals surface area contributed by atoms with Crippen LogP contribution in [0, 0.1) is 13.8 Å². The van der Waals surface area contributed by atoms with Gasteiger partial charge in [-0.25, -0.2) is 9.67 Å². The van der Waals surface area contributed by atoms with Gasteiger partial charge in [-0.15, -0.1) is 0 Å². The molecular weight excluding hydrogens is 402 g/mol. The van der Waals surface area contributed by atoms with Gasteiger partial charge in [0.25, 0.3) is 5.91 Å². The number of methoxy groups -OCH3 is 1. The van der Waals surface area contributed by atoms with Crippen LogP contribution >= 0.6 is 11.6 Å². The van der Waals surface area contributed by atoms with Crippen LogP contribution < -0.4 is 10.1 Å². The zero-order valence-electron chi connectivity index (χ0n) is 16.8. The highest BCUT2D eigenvalue weighted by Crippen LogP contribution is 2.29.